The van der Waals surface area contributed by atoms with Gasteiger partial charge in [-0.05, 0) is 37.5 Å². The first kappa shape index (κ1) is 26.3. The number of aromatic nitrogens is 1. The van der Waals surface area contributed by atoms with Gasteiger partial charge in [0.2, 0.25) is 5.78 Å². The van der Waals surface area contributed by atoms with E-state index in [0.717, 1.165) is 13.2 Å². The van der Waals surface area contributed by atoms with Crippen molar-refractivity contribution >= 4 is 51.6 Å². The van der Waals surface area contributed by atoms with Crippen molar-refractivity contribution in [2.45, 2.75) is 25.2 Å². The number of carbonyl (C=O) groups excluding carboxylic acids is 4. The molecule has 10 nitrogen and oxygen atoms in total. The van der Waals surface area contributed by atoms with E-state index in [2.05, 4.69) is 4.98 Å². The van der Waals surface area contributed by atoms with Crippen molar-refractivity contribution in [2.24, 2.45) is 0 Å². The maximum atomic E-state index is 14.1. The lowest BCUT2D eigenvalue weighted by atomic mass is 9.76. The van der Waals surface area contributed by atoms with Gasteiger partial charge in [-0.3, -0.25) is 24.0 Å². The van der Waals surface area contributed by atoms with Gasteiger partial charge in [-0.25, -0.2) is 0 Å². The third-order valence-corrected chi connectivity index (χ3v) is 8.37. The number of H-pyrrole nitrogens is 1. The van der Waals surface area contributed by atoms with Gasteiger partial charge in [-0.2, -0.15) is 0 Å². The molecule has 3 aromatic rings. The Morgan fingerprint density at radius 2 is 1.61 bits per heavy atom. The molecule has 41 heavy (non-hydrogen) atoms. The summed E-state index contributed by atoms with van der Waals surface area (Å²) in [4.78, 5) is 69.6. The lowest BCUT2D eigenvalue weighted by Gasteiger charge is -2.23. The number of phenolic OH excluding ortho intramolecular Hbond substituents is 3. The molecule has 1 heterocycles. The number of phenols is 3. The molecule has 0 aliphatic heterocycles. The van der Waals surface area contributed by atoms with Gasteiger partial charge in [0, 0.05) is 22.7 Å². The number of hydrogen-bond donors (Lipinski definition) is 4. The van der Waals surface area contributed by atoms with Crippen LogP contribution in [0.4, 0.5) is 0 Å². The van der Waals surface area contributed by atoms with Crippen LogP contribution in [0.5, 0.6) is 17.2 Å². The molecule has 1 spiro atoms. The van der Waals surface area contributed by atoms with Crippen LogP contribution in [0, 0.1) is 0 Å². The van der Waals surface area contributed by atoms with E-state index in [9.17, 15) is 39.3 Å². The van der Waals surface area contributed by atoms with E-state index in [1.54, 1.807) is 30.4 Å². The summed E-state index contributed by atoms with van der Waals surface area (Å²) in [7, 11) is 1.13. The minimum Gasteiger partial charge on any atom is -0.507 e. The maximum absolute atomic E-state index is 14.1. The number of Topliss-reactive ketones (excluding diaryl/α,β-unsaturated/α-hetero) is 3. The number of nitrogens with one attached hydrogen (secondary N) is 1. The van der Waals surface area contributed by atoms with Crippen molar-refractivity contribution in [3.05, 3.63) is 90.6 Å². The Kier molecular flexibility index (Phi) is 5.62. The highest BCUT2D eigenvalue weighted by Crippen LogP contribution is 2.58. The number of ketones is 4. The molecular weight excluding hydrogens is 554 g/mol. The van der Waals surface area contributed by atoms with Gasteiger partial charge < -0.3 is 25.0 Å². The smallest absolute Gasteiger partial charge is 0.260 e. The number of rotatable bonds is 3. The zero-order valence-electron chi connectivity index (χ0n) is 21.5. The predicted molar refractivity (Wildman–Crippen MR) is 147 cm³/mol. The Morgan fingerprint density at radius 1 is 0.951 bits per heavy atom. The van der Waals surface area contributed by atoms with E-state index in [1.165, 1.54) is 0 Å². The van der Waals surface area contributed by atoms with E-state index in [0.29, 0.717) is 5.69 Å². The van der Waals surface area contributed by atoms with Crippen LogP contribution in [0.3, 0.4) is 0 Å². The van der Waals surface area contributed by atoms with E-state index in [4.69, 9.17) is 16.3 Å². The fraction of sp³-hybridized carbons (Fsp3) is 0.167. The van der Waals surface area contributed by atoms with Crippen molar-refractivity contribution in [3.8, 4) is 17.2 Å². The summed E-state index contributed by atoms with van der Waals surface area (Å²) in [5.74, 6) is -6.85. The second-order valence-electron chi connectivity index (χ2n) is 9.91. The normalized spacial score (nSPS) is 19.5. The second-order valence-corrected chi connectivity index (χ2v) is 10.3. The van der Waals surface area contributed by atoms with Crippen LogP contribution in [0.15, 0.2) is 40.9 Å². The van der Waals surface area contributed by atoms with Crippen LogP contribution in [0.2, 0.25) is 5.02 Å². The summed E-state index contributed by atoms with van der Waals surface area (Å²) in [6, 6.07) is 1.56. The number of aromatic hydroxyl groups is 3. The van der Waals surface area contributed by atoms with Crippen LogP contribution in [-0.4, -0.2) is 50.5 Å². The molecule has 3 aliphatic rings. The average Bonchev–Trinajstić information content (AvgIpc) is 3.45. The van der Waals surface area contributed by atoms with Gasteiger partial charge in [-0.1, -0.05) is 29.8 Å². The molecule has 1 aromatic heterocycles. The SMILES string of the molecule is C/C=C/C=C/c1cc2c(Cl)c3c(c(O)c2c(=O)[nH]1)C1(CC3)C(=O)c2c(O)c3c(c(O)c2C1=O)C(=O)C(OC)=CC3=O. The molecule has 1 atom stereocenters. The molecule has 11 heteroatoms. The molecule has 4 N–H and O–H groups in total. The van der Waals surface area contributed by atoms with E-state index < -0.39 is 79.4 Å². The summed E-state index contributed by atoms with van der Waals surface area (Å²) in [6.45, 7) is 1.82. The van der Waals surface area contributed by atoms with Crippen molar-refractivity contribution in [2.75, 3.05) is 7.11 Å². The molecule has 0 radical (unpaired) electrons. The minimum absolute atomic E-state index is 0.0359. The number of allylic oxidation sites excluding steroid dienone is 5. The Hall–Kier alpha value is -4.96. The Morgan fingerprint density at radius 3 is 2.24 bits per heavy atom. The van der Waals surface area contributed by atoms with Crippen molar-refractivity contribution in [1.29, 1.82) is 0 Å². The molecular formula is C30H20ClNO9. The Bertz CT molecular complexity index is 1980. The number of pyridine rings is 1. The standard InChI is InChI=1S/C30H20ClNO9/c1-3-4-5-6-11-9-13-16(29(40)32-11)26(37)21-12(22(13)31)7-8-30(21)27(38)19-20(28(30)39)25(36)18-17(24(19)35)14(33)10-15(41-2)23(18)34/h3-6,9-10,35-37H,7-8H2,1-2H3,(H,32,40)/b4-3+,6-5+. The number of hydrogen-bond acceptors (Lipinski definition) is 9. The molecule has 3 aliphatic carbocycles. The third kappa shape index (κ3) is 3.16. The summed E-state index contributed by atoms with van der Waals surface area (Å²) < 4.78 is 4.91. The quantitative estimate of drug-likeness (QED) is 0.205. The fourth-order valence-electron chi connectivity index (χ4n) is 6.16. The Labute approximate surface area is 235 Å². The van der Waals surface area contributed by atoms with Gasteiger partial charge in [0.1, 0.15) is 22.7 Å². The summed E-state index contributed by atoms with van der Waals surface area (Å²) in [5.41, 5.74) is -5.08. The van der Waals surface area contributed by atoms with Crippen molar-refractivity contribution in [3.63, 3.8) is 0 Å². The molecule has 0 amide bonds. The zero-order chi connectivity index (χ0) is 29.5. The highest BCUT2D eigenvalue weighted by Gasteiger charge is 2.62. The van der Waals surface area contributed by atoms with Gasteiger partial charge in [-0.15, -0.1) is 0 Å². The Balaban J connectivity index is 1.62. The largest absolute Gasteiger partial charge is 0.507 e. The lowest BCUT2D eigenvalue weighted by molar-refractivity contribution is 0.0790. The van der Waals surface area contributed by atoms with Crippen LogP contribution in [0.1, 0.15) is 71.6 Å². The number of carbonyl (C=O) groups is 4. The number of fused-ring (bicyclic) bond motifs is 5. The molecule has 0 saturated carbocycles. The molecule has 0 fully saturated rings. The second kappa shape index (κ2) is 8.77. The first-order valence-corrected chi connectivity index (χ1v) is 12.8. The first-order valence-electron chi connectivity index (χ1n) is 12.5. The van der Waals surface area contributed by atoms with Crippen molar-refractivity contribution in [1.82, 2.24) is 4.98 Å². The summed E-state index contributed by atoms with van der Waals surface area (Å²) in [6.07, 6.45) is 7.50. The topological polar surface area (TPSA) is 171 Å². The van der Waals surface area contributed by atoms with Crippen molar-refractivity contribution < 1.29 is 39.2 Å². The summed E-state index contributed by atoms with van der Waals surface area (Å²) in [5, 5.41) is 33.7. The fourth-order valence-corrected chi connectivity index (χ4v) is 6.50. The molecule has 1 unspecified atom stereocenters. The van der Waals surface area contributed by atoms with Crippen LogP contribution < -0.4 is 5.56 Å². The number of ether oxygens (including phenoxy) is 1. The first-order chi connectivity index (χ1) is 19.5. The van der Waals surface area contributed by atoms with Crippen LogP contribution in [-0.2, 0) is 16.6 Å². The number of benzene rings is 2. The number of methoxy groups -OCH3 is 1. The molecule has 6 rings (SSSR count). The van der Waals surface area contributed by atoms with Crippen LogP contribution >= 0.6 is 11.6 Å². The molecule has 2 aromatic carbocycles. The third-order valence-electron chi connectivity index (χ3n) is 7.94. The molecule has 0 saturated heterocycles. The highest BCUT2D eigenvalue weighted by atomic mass is 35.5. The minimum atomic E-state index is -2.17. The lowest BCUT2D eigenvalue weighted by Crippen LogP contribution is -2.36. The van der Waals surface area contributed by atoms with Gasteiger partial charge in [0.05, 0.1) is 39.8 Å². The van der Waals surface area contributed by atoms with Gasteiger partial charge in [0.25, 0.3) is 5.56 Å². The maximum Gasteiger partial charge on any atom is 0.260 e. The number of aromatic amines is 1. The van der Waals surface area contributed by atoms with Gasteiger partial charge >= 0.3 is 0 Å². The van der Waals surface area contributed by atoms with Crippen LogP contribution in [0.25, 0.3) is 16.8 Å². The average molecular weight is 574 g/mol. The monoisotopic (exact) mass is 573 g/mol. The number of halogens is 1. The highest BCUT2D eigenvalue weighted by molar-refractivity contribution is 6.41. The van der Waals surface area contributed by atoms with E-state index in [1.807, 2.05) is 6.92 Å². The zero-order valence-corrected chi connectivity index (χ0v) is 22.3. The van der Waals surface area contributed by atoms with Gasteiger partial charge in [0.15, 0.2) is 23.1 Å². The predicted octanol–water partition coefficient (Wildman–Crippen LogP) is 4.06. The van der Waals surface area contributed by atoms with E-state index >= 15 is 0 Å². The summed E-state index contributed by atoms with van der Waals surface area (Å²) >= 11 is 6.74. The van der Waals surface area contributed by atoms with E-state index in [-0.39, 0.29) is 39.8 Å². The molecule has 206 valence electrons. The molecule has 0 bridgehead atoms.